The molecule has 0 amide bonds. The third-order valence-corrected chi connectivity index (χ3v) is 3.06. The van der Waals surface area contributed by atoms with Gasteiger partial charge < -0.3 is 10.1 Å². The zero-order valence-corrected chi connectivity index (χ0v) is 10.7. The van der Waals surface area contributed by atoms with Crippen LogP contribution >= 0.6 is 0 Å². The van der Waals surface area contributed by atoms with Crippen LogP contribution in [0.3, 0.4) is 0 Å². The van der Waals surface area contributed by atoms with Gasteiger partial charge in [0.1, 0.15) is 0 Å². The van der Waals surface area contributed by atoms with Crippen molar-refractivity contribution in [1.82, 2.24) is 4.90 Å². The first kappa shape index (κ1) is 12.9. The van der Waals surface area contributed by atoms with Crippen molar-refractivity contribution in [3.63, 3.8) is 0 Å². The van der Waals surface area contributed by atoms with Gasteiger partial charge in [-0.15, -0.1) is 0 Å². The van der Waals surface area contributed by atoms with Gasteiger partial charge in [0.15, 0.2) is 0 Å². The second kappa shape index (κ2) is 6.39. The van der Waals surface area contributed by atoms with Gasteiger partial charge in [-0.2, -0.15) is 5.26 Å². The highest BCUT2D eigenvalue weighted by Crippen LogP contribution is 2.11. The molecule has 1 atom stereocenters. The van der Waals surface area contributed by atoms with E-state index in [1.165, 1.54) is 0 Å². The SMILES string of the molecule is CC(CN1CCOCC1)Nc1ccc(C#N)cc1. The average molecular weight is 245 g/mol. The van der Waals surface area contributed by atoms with Crippen LogP contribution in [0.15, 0.2) is 24.3 Å². The molecule has 1 aliphatic rings. The number of rotatable bonds is 4. The van der Waals surface area contributed by atoms with Crippen molar-refractivity contribution < 1.29 is 4.74 Å². The summed E-state index contributed by atoms with van der Waals surface area (Å²) < 4.78 is 5.33. The molecule has 1 saturated heterocycles. The summed E-state index contributed by atoms with van der Waals surface area (Å²) in [6.07, 6.45) is 0. The number of anilines is 1. The Balaban J connectivity index is 1.82. The number of nitrogens with one attached hydrogen (secondary N) is 1. The monoisotopic (exact) mass is 245 g/mol. The molecule has 4 nitrogen and oxygen atoms in total. The highest BCUT2D eigenvalue weighted by atomic mass is 16.5. The van der Waals surface area contributed by atoms with E-state index in [9.17, 15) is 0 Å². The topological polar surface area (TPSA) is 48.3 Å². The lowest BCUT2D eigenvalue weighted by atomic mass is 10.2. The minimum atomic E-state index is 0.385. The van der Waals surface area contributed by atoms with Crippen molar-refractivity contribution in [3.05, 3.63) is 29.8 Å². The van der Waals surface area contributed by atoms with E-state index in [0.717, 1.165) is 38.5 Å². The van der Waals surface area contributed by atoms with Crippen molar-refractivity contribution in [2.24, 2.45) is 0 Å². The molecule has 0 aromatic heterocycles. The van der Waals surface area contributed by atoms with Gasteiger partial charge >= 0.3 is 0 Å². The summed E-state index contributed by atoms with van der Waals surface area (Å²) in [5.41, 5.74) is 1.76. The van der Waals surface area contributed by atoms with Crippen LogP contribution in [-0.2, 0) is 4.74 Å². The molecule has 1 N–H and O–H groups in total. The molecule has 18 heavy (non-hydrogen) atoms. The first-order chi connectivity index (χ1) is 8.78. The smallest absolute Gasteiger partial charge is 0.0991 e. The van der Waals surface area contributed by atoms with Gasteiger partial charge in [0.05, 0.1) is 24.8 Å². The summed E-state index contributed by atoms with van der Waals surface area (Å²) in [7, 11) is 0. The molecule has 4 heteroatoms. The van der Waals surface area contributed by atoms with Gasteiger partial charge in [0.2, 0.25) is 0 Å². The van der Waals surface area contributed by atoms with Crippen LogP contribution in [0.2, 0.25) is 0 Å². The Morgan fingerprint density at radius 1 is 1.33 bits per heavy atom. The fourth-order valence-corrected chi connectivity index (χ4v) is 2.14. The zero-order valence-electron chi connectivity index (χ0n) is 10.7. The fourth-order valence-electron chi connectivity index (χ4n) is 2.14. The second-order valence-corrected chi connectivity index (χ2v) is 4.65. The van der Waals surface area contributed by atoms with Crippen LogP contribution in [0.4, 0.5) is 5.69 Å². The Morgan fingerprint density at radius 2 is 2.00 bits per heavy atom. The second-order valence-electron chi connectivity index (χ2n) is 4.65. The highest BCUT2D eigenvalue weighted by molar-refractivity contribution is 5.47. The Morgan fingerprint density at radius 3 is 2.61 bits per heavy atom. The maximum Gasteiger partial charge on any atom is 0.0991 e. The quantitative estimate of drug-likeness (QED) is 0.877. The normalized spacial score (nSPS) is 18.0. The van der Waals surface area contributed by atoms with Crippen molar-refractivity contribution in [2.45, 2.75) is 13.0 Å². The van der Waals surface area contributed by atoms with Gasteiger partial charge in [-0.25, -0.2) is 0 Å². The molecule has 1 unspecified atom stereocenters. The lowest BCUT2D eigenvalue weighted by molar-refractivity contribution is 0.0368. The Hall–Kier alpha value is -1.57. The maximum atomic E-state index is 8.74. The molecule has 0 radical (unpaired) electrons. The predicted octanol–water partition coefficient (Wildman–Crippen LogP) is 1.69. The van der Waals surface area contributed by atoms with Crippen molar-refractivity contribution >= 4 is 5.69 Å². The Kier molecular flexibility index (Phi) is 4.57. The predicted molar refractivity (Wildman–Crippen MR) is 71.5 cm³/mol. The number of nitrogens with zero attached hydrogens (tertiary/aromatic N) is 2. The molecule has 1 aromatic carbocycles. The van der Waals surface area contributed by atoms with Gasteiger partial charge in [-0.1, -0.05) is 0 Å². The Bertz CT molecular complexity index is 404. The summed E-state index contributed by atoms with van der Waals surface area (Å²) >= 11 is 0. The van der Waals surface area contributed by atoms with E-state index in [4.69, 9.17) is 10.00 Å². The van der Waals surface area contributed by atoms with Gasteiger partial charge in [0.25, 0.3) is 0 Å². The summed E-state index contributed by atoms with van der Waals surface area (Å²) in [6.45, 7) is 6.89. The molecule has 96 valence electrons. The summed E-state index contributed by atoms with van der Waals surface area (Å²) in [4.78, 5) is 2.41. The first-order valence-electron chi connectivity index (χ1n) is 6.35. The lowest BCUT2D eigenvalue weighted by Crippen LogP contribution is -2.42. The number of morpholine rings is 1. The molecular formula is C14H19N3O. The number of nitriles is 1. The molecular weight excluding hydrogens is 226 g/mol. The molecule has 1 aliphatic heterocycles. The van der Waals surface area contributed by atoms with E-state index >= 15 is 0 Å². The van der Waals surface area contributed by atoms with E-state index < -0.39 is 0 Å². The molecule has 2 rings (SSSR count). The summed E-state index contributed by atoms with van der Waals surface area (Å²) in [5, 5.41) is 12.2. The van der Waals surface area contributed by atoms with Gasteiger partial charge in [0, 0.05) is 31.4 Å². The minimum Gasteiger partial charge on any atom is -0.381 e. The van der Waals surface area contributed by atoms with Crippen LogP contribution in [0.1, 0.15) is 12.5 Å². The highest BCUT2D eigenvalue weighted by Gasteiger charge is 2.13. The van der Waals surface area contributed by atoms with Crippen LogP contribution < -0.4 is 5.32 Å². The van der Waals surface area contributed by atoms with E-state index in [1.807, 2.05) is 24.3 Å². The number of hydrogen-bond acceptors (Lipinski definition) is 4. The van der Waals surface area contributed by atoms with E-state index in [0.29, 0.717) is 11.6 Å². The minimum absolute atomic E-state index is 0.385. The first-order valence-corrected chi connectivity index (χ1v) is 6.35. The van der Waals surface area contributed by atoms with Crippen LogP contribution in [-0.4, -0.2) is 43.8 Å². The molecule has 1 fully saturated rings. The summed E-state index contributed by atoms with van der Waals surface area (Å²) in [5.74, 6) is 0. The van der Waals surface area contributed by atoms with Crippen molar-refractivity contribution in [3.8, 4) is 6.07 Å². The van der Waals surface area contributed by atoms with Crippen molar-refractivity contribution in [1.29, 1.82) is 5.26 Å². The van der Waals surface area contributed by atoms with Gasteiger partial charge in [-0.3, -0.25) is 4.90 Å². The van der Waals surface area contributed by atoms with Crippen LogP contribution in [0.25, 0.3) is 0 Å². The third kappa shape index (κ3) is 3.73. The number of ether oxygens (including phenoxy) is 1. The zero-order chi connectivity index (χ0) is 12.8. The van der Waals surface area contributed by atoms with Crippen LogP contribution in [0.5, 0.6) is 0 Å². The molecule has 0 saturated carbocycles. The van der Waals surface area contributed by atoms with E-state index in [2.05, 4.69) is 23.2 Å². The molecule has 0 aliphatic carbocycles. The van der Waals surface area contributed by atoms with E-state index in [1.54, 1.807) is 0 Å². The largest absolute Gasteiger partial charge is 0.381 e. The van der Waals surface area contributed by atoms with Crippen LogP contribution in [0, 0.1) is 11.3 Å². The van der Waals surface area contributed by atoms with Crippen molar-refractivity contribution in [2.75, 3.05) is 38.2 Å². The average Bonchev–Trinajstić information content (AvgIpc) is 2.40. The molecule has 1 aromatic rings. The maximum absolute atomic E-state index is 8.74. The lowest BCUT2D eigenvalue weighted by Gasteiger charge is -2.29. The standard InChI is InChI=1S/C14H19N3O/c1-12(11-17-6-8-18-9-7-17)16-14-4-2-13(10-15)3-5-14/h2-5,12,16H,6-9,11H2,1H3. The Labute approximate surface area is 108 Å². The number of benzene rings is 1. The van der Waals surface area contributed by atoms with E-state index in [-0.39, 0.29) is 0 Å². The number of hydrogen-bond donors (Lipinski definition) is 1. The molecule has 0 spiro atoms. The summed E-state index contributed by atoms with van der Waals surface area (Å²) in [6, 6.07) is 10.1. The van der Waals surface area contributed by atoms with Gasteiger partial charge in [-0.05, 0) is 31.2 Å². The fraction of sp³-hybridized carbons (Fsp3) is 0.500. The molecule has 1 heterocycles. The third-order valence-electron chi connectivity index (χ3n) is 3.06. The molecule has 0 bridgehead atoms.